The van der Waals surface area contributed by atoms with E-state index in [2.05, 4.69) is 6.92 Å². The Labute approximate surface area is 97.3 Å². The average Bonchev–Trinajstić information content (AvgIpc) is 2.26. The molecule has 0 bridgehead atoms. The number of rotatable bonds is 7. The Morgan fingerprint density at radius 2 is 1.56 bits per heavy atom. The fraction of sp³-hybridized carbons (Fsp3) is 0.750. The van der Waals surface area contributed by atoms with Gasteiger partial charge < -0.3 is 9.47 Å². The molecule has 0 amide bonds. The highest BCUT2D eigenvalue weighted by Gasteiger charge is 2.43. The Bertz CT molecular complexity index is 217. The second kappa shape index (κ2) is 7.25. The maximum atomic E-state index is 11.7. The zero-order chi connectivity index (χ0) is 12.6. The van der Waals surface area contributed by atoms with Crippen molar-refractivity contribution < 1.29 is 19.1 Å². The van der Waals surface area contributed by atoms with Gasteiger partial charge in [0.2, 0.25) is 0 Å². The van der Waals surface area contributed by atoms with Crippen molar-refractivity contribution in [2.45, 2.75) is 40.0 Å². The minimum Gasteiger partial charge on any atom is -0.465 e. The summed E-state index contributed by atoms with van der Waals surface area (Å²) in [5.74, 6) is -1.02. The van der Waals surface area contributed by atoms with Crippen LogP contribution in [-0.4, -0.2) is 25.2 Å². The van der Waals surface area contributed by atoms with Gasteiger partial charge in [-0.05, 0) is 27.2 Å². The monoisotopic (exact) mass is 229 g/mol. The third-order valence-electron chi connectivity index (χ3n) is 2.38. The second-order valence-electron chi connectivity index (χ2n) is 3.73. The van der Waals surface area contributed by atoms with E-state index >= 15 is 0 Å². The summed E-state index contributed by atoms with van der Waals surface area (Å²) in [6.45, 7) is 9.21. The third-order valence-corrected chi connectivity index (χ3v) is 2.38. The van der Waals surface area contributed by atoms with Crippen LogP contribution in [0.3, 0.4) is 0 Å². The highest BCUT2D eigenvalue weighted by Crippen LogP contribution is 2.27. The Morgan fingerprint density at radius 3 is 1.88 bits per heavy atom. The number of hydrogen-bond acceptors (Lipinski definition) is 4. The lowest BCUT2D eigenvalue weighted by Gasteiger charge is -2.24. The van der Waals surface area contributed by atoms with E-state index in [-0.39, 0.29) is 13.2 Å². The number of carbonyl (C=O) groups excluding carboxylic acids is 2. The first-order valence-corrected chi connectivity index (χ1v) is 5.66. The number of esters is 2. The van der Waals surface area contributed by atoms with E-state index in [1.807, 2.05) is 0 Å². The molecule has 0 aromatic carbocycles. The molecule has 0 aliphatic heterocycles. The van der Waals surface area contributed by atoms with E-state index < -0.39 is 17.4 Å². The SMILES string of the molecule is [CH2]CCCC(C)(C(=O)OCC)C(=O)OCC. The molecule has 0 aliphatic rings. The number of unbranched alkanes of at least 4 members (excludes halogenated alkanes) is 1. The maximum absolute atomic E-state index is 11.7. The average molecular weight is 229 g/mol. The van der Waals surface area contributed by atoms with E-state index in [0.717, 1.165) is 0 Å². The summed E-state index contributed by atoms with van der Waals surface area (Å²) >= 11 is 0. The highest BCUT2D eigenvalue weighted by molar-refractivity contribution is 5.99. The van der Waals surface area contributed by atoms with Crippen LogP contribution in [0, 0.1) is 12.3 Å². The molecule has 0 N–H and O–H groups in total. The van der Waals surface area contributed by atoms with Crippen molar-refractivity contribution in [1.29, 1.82) is 0 Å². The minimum atomic E-state index is -1.19. The third kappa shape index (κ3) is 3.83. The molecule has 0 spiro atoms. The van der Waals surface area contributed by atoms with Gasteiger partial charge in [0.25, 0.3) is 0 Å². The lowest BCUT2D eigenvalue weighted by Crippen LogP contribution is -2.39. The van der Waals surface area contributed by atoms with Gasteiger partial charge in [0, 0.05) is 0 Å². The van der Waals surface area contributed by atoms with Crippen LogP contribution in [0.4, 0.5) is 0 Å². The first-order chi connectivity index (χ1) is 7.52. The lowest BCUT2D eigenvalue weighted by atomic mass is 9.85. The molecule has 0 saturated heterocycles. The minimum absolute atomic E-state index is 0.262. The predicted molar refractivity (Wildman–Crippen MR) is 60.6 cm³/mol. The number of carbonyl (C=O) groups is 2. The number of hydrogen-bond donors (Lipinski definition) is 0. The standard InChI is InChI=1S/C12H21O4/c1-5-8-9-12(4,10(13)15-6-2)11(14)16-7-3/h1,5-9H2,2-4H3. The first-order valence-electron chi connectivity index (χ1n) is 5.66. The Balaban J connectivity index is 4.71. The van der Waals surface area contributed by atoms with Crippen LogP contribution in [0.1, 0.15) is 40.0 Å². The summed E-state index contributed by atoms with van der Waals surface area (Å²) < 4.78 is 9.82. The fourth-order valence-electron chi connectivity index (χ4n) is 1.35. The summed E-state index contributed by atoms with van der Waals surface area (Å²) in [5.41, 5.74) is -1.19. The molecule has 0 aromatic rings. The van der Waals surface area contributed by atoms with Crippen LogP contribution in [0.5, 0.6) is 0 Å². The molecule has 1 radical (unpaired) electrons. The Hall–Kier alpha value is -1.06. The molecule has 0 heterocycles. The molecule has 93 valence electrons. The van der Waals surface area contributed by atoms with Crippen LogP contribution < -0.4 is 0 Å². The quantitative estimate of drug-likeness (QED) is 0.495. The van der Waals surface area contributed by atoms with Crippen molar-refractivity contribution in [2.24, 2.45) is 5.41 Å². The Kier molecular flexibility index (Phi) is 6.77. The highest BCUT2D eigenvalue weighted by atomic mass is 16.6. The lowest BCUT2D eigenvalue weighted by molar-refractivity contribution is -0.171. The molecule has 0 saturated carbocycles. The van der Waals surface area contributed by atoms with Gasteiger partial charge in [-0.2, -0.15) is 0 Å². The molecule has 0 aliphatic carbocycles. The summed E-state index contributed by atoms with van der Waals surface area (Å²) in [4.78, 5) is 23.5. The maximum Gasteiger partial charge on any atom is 0.323 e. The molecular formula is C12H21O4. The number of ether oxygens (including phenoxy) is 2. The molecule has 0 fully saturated rings. The van der Waals surface area contributed by atoms with Crippen molar-refractivity contribution in [3.05, 3.63) is 6.92 Å². The van der Waals surface area contributed by atoms with Crippen molar-refractivity contribution in [1.82, 2.24) is 0 Å². The molecule has 0 unspecified atom stereocenters. The predicted octanol–water partition coefficient (Wildman–Crippen LogP) is 2.12. The van der Waals surface area contributed by atoms with Crippen molar-refractivity contribution in [2.75, 3.05) is 13.2 Å². The van der Waals surface area contributed by atoms with Crippen LogP contribution in [0.25, 0.3) is 0 Å². The topological polar surface area (TPSA) is 52.6 Å². The van der Waals surface area contributed by atoms with Gasteiger partial charge in [0.1, 0.15) is 0 Å². The molecule has 0 aromatic heterocycles. The van der Waals surface area contributed by atoms with E-state index in [9.17, 15) is 9.59 Å². The van der Waals surface area contributed by atoms with Gasteiger partial charge in [-0.25, -0.2) is 0 Å². The van der Waals surface area contributed by atoms with Crippen molar-refractivity contribution in [3.63, 3.8) is 0 Å². The zero-order valence-corrected chi connectivity index (χ0v) is 10.4. The van der Waals surface area contributed by atoms with Gasteiger partial charge >= 0.3 is 11.9 Å². The van der Waals surface area contributed by atoms with E-state index in [0.29, 0.717) is 19.3 Å². The zero-order valence-electron chi connectivity index (χ0n) is 10.4. The summed E-state index contributed by atoms with van der Waals surface area (Å²) in [5, 5.41) is 0. The van der Waals surface area contributed by atoms with Crippen molar-refractivity contribution in [3.8, 4) is 0 Å². The molecule has 4 nitrogen and oxygen atoms in total. The first kappa shape index (κ1) is 14.9. The van der Waals surface area contributed by atoms with Crippen LogP contribution in [0.15, 0.2) is 0 Å². The van der Waals surface area contributed by atoms with Crippen LogP contribution >= 0.6 is 0 Å². The Morgan fingerprint density at radius 1 is 1.12 bits per heavy atom. The fourth-order valence-corrected chi connectivity index (χ4v) is 1.35. The molecule has 16 heavy (non-hydrogen) atoms. The second-order valence-corrected chi connectivity index (χ2v) is 3.73. The molecule has 0 rings (SSSR count). The summed E-state index contributed by atoms with van der Waals surface area (Å²) in [6.07, 6.45) is 1.77. The van der Waals surface area contributed by atoms with Crippen LogP contribution in [-0.2, 0) is 19.1 Å². The van der Waals surface area contributed by atoms with E-state index in [4.69, 9.17) is 9.47 Å². The smallest absolute Gasteiger partial charge is 0.323 e. The van der Waals surface area contributed by atoms with Crippen LogP contribution in [0.2, 0.25) is 0 Å². The van der Waals surface area contributed by atoms with E-state index in [1.165, 1.54) is 0 Å². The normalized spacial score (nSPS) is 11.0. The van der Waals surface area contributed by atoms with E-state index in [1.54, 1.807) is 20.8 Å². The molecule has 0 atom stereocenters. The van der Waals surface area contributed by atoms with Gasteiger partial charge in [-0.3, -0.25) is 9.59 Å². The van der Waals surface area contributed by atoms with Crippen molar-refractivity contribution >= 4 is 11.9 Å². The summed E-state index contributed by atoms with van der Waals surface area (Å²) in [6, 6.07) is 0. The van der Waals surface area contributed by atoms with Gasteiger partial charge in [0.15, 0.2) is 5.41 Å². The summed E-state index contributed by atoms with van der Waals surface area (Å²) in [7, 11) is 0. The largest absolute Gasteiger partial charge is 0.465 e. The van der Waals surface area contributed by atoms with Gasteiger partial charge in [-0.1, -0.05) is 19.8 Å². The molecule has 4 heteroatoms. The molecular weight excluding hydrogens is 208 g/mol. The van der Waals surface area contributed by atoms with Gasteiger partial charge in [0.05, 0.1) is 13.2 Å². The van der Waals surface area contributed by atoms with Gasteiger partial charge in [-0.15, -0.1) is 0 Å².